The van der Waals surface area contributed by atoms with Crippen molar-refractivity contribution in [2.45, 2.75) is 13.1 Å². The van der Waals surface area contributed by atoms with Crippen molar-refractivity contribution in [2.75, 3.05) is 6.54 Å². The van der Waals surface area contributed by atoms with Crippen molar-refractivity contribution in [3.63, 3.8) is 0 Å². The normalized spacial score (nSPS) is 15.4. The van der Waals surface area contributed by atoms with Crippen LogP contribution in [0.5, 0.6) is 0 Å². The van der Waals surface area contributed by atoms with E-state index in [4.69, 9.17) is 0 Å². The molecule has 1 N–H and O–H groups in total. The third-order valence-corrected chi connectivity index (χ3v) is 3.17. The molecule has 14 heavy (non-hydrogen) atoms. The van der Waals surface area contributed by atoms with Crippen LogP contribution in [0.3, 0.4) is 0 Å². The Hall–Kier alpha value is -1.13. The predicted octanol–water partition coefficient (Wildman–Crippen LogP) is 1.71. The molecule has 0 atom stereocenters. The highest BCUT2D eigenvalue weighted by molar-refractivity contribution is 7.08. The first kappa shape index (κ1) is 8.20. The second-order valence-corrected chi connectivity index (χ2v) is 4.21. The highest BCUT2D eigenvalue weighted by Crippen LogP contribution is 2.22. The molecule has 72 valence electrons. The molecule has 0 fully saturated rings. The van der Waals surface area contributed by atoms with Crippen LogP contribution in [0.25, 0.3) is 11.3 Å². The van der Waals surface area contributed by atoms with Crippen LogP contribution in [0.1, 0.15) is 5.69 Å². The molecule has 1 aliphatic rings. The van der Waals surface area contributed by atoms with Crippen molar-refractivity contribution < 1.29 is 0 Å². The molecule has 0 saturated carbocycles. The van der Waals surface area contributed by atoms with Crippen LogP contribution in [0, 0.1) is 0 Å². The molecule has 2 aromatic heterocycles. The number of thiophene rings is 1. The maximum absolute atomic E-state index is 4.58. The van der Waals surface area contributed by atoms with E-state index in [1.807, 2.05) is 0 Å². The van der Waals surface area contributed by atoms with Crippen molar-refractivity contribution in [3.05, 3.63) is 28.6 Å². The van der Waals surface area contributed by atoms with Gasteiger partial charge in [-0.15, -0.1) is 0 Å². The van der Waals surface area contributed by atoms with Gasteiger partial charge in [0.05, 0.1) is 17.9 Å². The van der Waals surface area contributed by atoms with Gasteiger partial charge in [0.15, 0.2) is 0 Å². The van der Waals surface area contributed by atoms with Crippen LogP contribution >= 0.6 is 11.3 Å². The van der Waals surface area contributed by atoms with Crippen molar-refractivity contribution in [1.82, 2.24) is 15.1 Å². The summed E-state index contributed by atoms with van der Waals surface area (Å²) in [5, 5.41) is 12.1. The molecule has 1 aliphatic heterocycles. The summed E-state index contributed by atoms with van der Waals surface area (Å²) in [7, 11) is 0. The predicted molar refractivity (Wildman–Crippen MR) is 57.2 cm³/mol. The molecule has 0 amide bonds. The Balaban J connectivity index is 2.04. The van der Waals surface area contributed by atoms with E-state index >= 15 is 0 Å². The molecule has 3 heterocycles. The fourth-order valence-corrected chi connectivity index (χ4v) is 2.39. The number of nitrogens with one attached hydrogen (secondary N) is 1. The summed E-state index contributed by atoms with van der Waals surface area (Å²) in [5.41, 5.74) is 3.62. The third-order valence-electron chi connectivity index (χ3n) is 2.49. The lowest BCUT2D eigenvalue weighted by molar-refractivity contribution is 0.476. The van der Waals surface area contributed by atoms with E-state index in [0.717, 1.165) is 25.3 Å². The van der Waals surface area contributed by atoms with E-state index in [0.29, 0.717) is 0 Å². The number of aromatic nitrogens is 2. The van der Waals surface area contributed by atoms with Crippen LogP contribution in [0.15, 0.2) is 22.9 Å². The summed E-state index contributed by atoms with van der Waals surface area (Å²) < 4.78 is 2.10. The largest absolute Gasteiger partial charge is 0.309 e. The van der Waals surface area contributed by atoms with E-state index in [9.17, 15) is 0 Å². The molecular formula is C10H11N3S. The van der Waals surface area contributed by atoms with Crippen LogP contribution < -0.4 is 5.32 Å². The fourth-order valence-electron chi connectivity index (χ4n) is 1.74. The number of nitrogens with zero attached hydrogens (tertiary/aromatic N) is 2. The maximum atomic E-state index is 4.58. The Bertz CT molecular complexity index is 407. The topological polar surface area (TPSA) is 29.9 Å². The zero-order chi connectivity index (χ0) is 9.38. The standard InChI is InChI=1S/C10H11N3S/c1-4-14-7-8(1)10-5-9-6-11-2-3-13(9)12-10/h1,4-5,7,11H,2-3,6H2. The molecule has 0 radical (unpaired) electrons. The zero-order valence-electron chi connectivity index (χ0n) is 7.73. The van der Waals surface area contributed by atoms with Gasteiger partial charge in [-0.1, -0.05) is 0 Å². The lowest BCUT2D eigenvalue weighted by atomic mass is 10.2. The quantitative estimate of drug-likeness (QED) is 0.768. The molecule has 0 saturated heterocycles. The summed E-state index contributed by atoms with van der Waals surface area (Å²) in [6.07, 6.45) is 0. The van der Waals surface area contributed by atoms with E-state index < -0.39 is 0 Å². The Kier molecular flexibility index (Phi) is 1.89. The summed E-state index contributed by atoms with van der Waals surface area (Å²) in [4.78, 5) is 0. The average Bonchev–Trinajstić information content (AvgIpc) is 2.86. The lowest BCUT2D eigenvalue weighted by Gasteiger charge is -2.13. The minimum Gasteiger partial charge on any atom is -0.309 e. The molecule has 0 bridgehead atoms. The molecule has 3 nitrogen and oxygen atoms in total. The molecule has 0 spiro atoms. The van der Waals surface area contributed by atoms with Crippen molar-refractivity contribution in [3.8, 4) is 11.3 Å². The van der Waals surface area contributed by atoms with Gasteiger partial charge in [-0.05, 0) is 17.5 Å². The van der Waals surface area contributed by atoms with E-state index in [-0.39, 0.29) is 0 Å². The molecule has 2 aromatic rings. The van der Waals surface area contributed by atoms with E-state index in [1.54, 1.807) is 11.3 Å². The minimum absolute atomic E-state index is 0.942. The summed E-state index contributed by atoms with van der Waals surface area (Å²) in [5.74, 6) is 0. The molecule has 4 heteroatoms. The molecule has 0 aromatic carbocycles. The smallest absolute Gasteiger partial charge is 0.0934 e. The number of rotatable bonds is 1. The number of fused-ring (bicyclic) bond motifs is 1. The van der Waals surface area contributed by atoms with Gasteiger partial charge in [-0.3, -0.25) is 4.68 Å². The Morgan fingerprint density at radius 2 is 2.50 bits per heavy atom. The van der Waals surface area contributed by atoms with Gasteiger partial charge >= 0.3 is 0 Å². The van der Waals surface area contributed by atoms with Gasteiger partial charge in [0.2, 0.25) is 0 Å². The summed E-state index contributed by atoms with van der Waals surface area (Å²) >= 11 is 1.72. The minimum atomic E-state index is 0.942. The zero-order valence-corrected chi connectivity index (χ0v) is 8.55. The van der Waals surface area contributed by atoms with E-state index in [1.165, 1.54) is 11.3 Å². The molecule has 0 unspecified atom stereocenters. The van der Waals surface area contributed by atoms with Gasteiger partial charge in [0, 0.05) is 24.0 Å². The monoisotopic (exact) mass is 205 g/mol. The van der Waals surface area contributed by atoms with Gasteiger partial charge in [0.25, 0.3) is 0 Å². The number of hydrogen-bond donors (Lipinski definition) is 1. The van der Waals surface area contributed by atoms with E-state index in [2.05, 4.69) is 38.0 Å². The first-order chi connectivity index (χ1) is 6.93. The van der Waals surface area contributed by atoms with Crippen molar-refractivity contribution in [1.29, 1.82) is 0 Å². The highest BCUT2D eigenvalue weighted by Gasteiger charge is 2.12. The molecule has 3 rings (SSSR count). The lowest BCUT2D eigenvalue weighted by Crippen LogP contribution is -2.28. The second kappa shape index (κ2) is 3.22. The first-order valence-corrected chi connectivity index (χ1v) is 5.68. The van der Waals surface area contributed by atoms with Gasteiger partial charge < -0.3 is 5.32 Å². The maximum Gasteiger partial charge on any atom is 0.0934 e. The van der Waals surface area contributed by atoms with Crippen molar-refractivity contribution in [2.24, 2.45) is 0 Å². The summed E-state index contributed by atoms with van der Waals surface area (Å²) in [6, 6.07) is 4.29. The van der Waals surface area contributed by atoms with Gasteiger partial charge in [0.1, 0.15) is 0 Å². The highest BCUT2D eigenvalue weighted by atomic mass is 32.1. The third kappa shape index (κ3) is 1.27. The summed E-state index contributed by atoms with van der Waals surface area (Å²) in [6.45, 7) is 2.95. The van der Waals surface area contributed by atoms with Gasteiger partial charge in [-0.25, -0.2) is 0 Å². The van der Waals surface area contributed by atoms with Crippen LogP contribution in [-0.4, -0.2) is 16.3 Å². The van der Waals surface area contributed by atoms with Crippen molar-refractivity contribution >= 4 is 11.3 Å². The Labute approximate surface area is 86.4 Å². The number of hydrogen-bond acceptors (Lipinski definition) is 3. The SMILES string of the molecule is c1cc(-c2cc3n(n2)CCNC3)cs1. The Morgan fingerprint density at radius 3 is 3.29 bits per heavy atom. The fraction of sp³-hybridized carbons (Fsp3) is 0.300. The van der Waals surface area contributed by atoms with Crippen LogP contribution in [-0.2, 0) is 13.1 Å². The second-order valence-electron chi connectivity index (χ2n) is 3.43. The first-order valence-electron chi connectivity index (χ1n) is 4.73. The molecular weight excluding hydrogens is 194 g/mol. The van der Waals surface area contributed by atoms with Crippen LogP contribution in [0.4, 0.5) is 0 Å². The average molecular weight is 205 g/mol. The van der Waals surface area contributed by atoms with Gasteiger partial charge in [-0.2, -0.15) is 16.4 Å². The Morgan fingerprint density at radius 1 is 1.50 bits per heavy atom. The van der Waals surface area contributed by atoms with Crippen LogP contribution in [0.2, 0.25) is 0 Å². The molecule has 0 aliphatic carbocycles.